The minimum atomic E-state index is -3.99. The summed E-state index contributed by atoms with van der Waals surface area (Å²) >= 11 is 13.6. The zero-order valence-electron chi connectivity index (χ0n) is 18.9. The lowest BCUT2D eigenvalue weighted by Crippen LogP contribution is -2.43. The summed E-state index contributed by atoms with van der Waals surface area (Å²) in [7, 11) is -3.99. The number of sulfonamides is 1. The van der Waals surface area contributed by atoms with Gasteiger partial charge in [-0.05, 0) is 31.0 Å². The Balaban J connectivity index is 1.38. The highest BCUT2D eigenvalue weighted by atomic mass is 35.5. The van der Waals surface area contributed by atoms with Crippen molar-refractivity contribution in [2.24, 2.45) is 5.92 Å². The molecule has 0 bridgehead atoms. The van der Waals surface area contributed by atoms with E-state index in [-0.39, 0.29) is 0 Å². The number of nitrogens with zero attached hydrogens (tertiary/aromatic N) is 3. The summed E-state index contributed by atoms with van der Waals surface area (Å²) in [6.07, 6.45) is 6.30. The van der Waals surface area contributed by atoms with Crippen LogP contribution < -0.4 is 9.62 Å². The average Bonchev–Trinajstić information content (AvgIpc) is 3.48. The maximum atomic E-state index is 12.8. The molecular weight excluding hydrogens is 531 g/mol. The molecule has 1 aliphatic rings. The molecule has 4 heterocycles. The highest BCUT2D eigenvalue weighted by Gasteiger charge is 2.33. The quantitative estimate of drug-likeness (QED) is 0.378. The first-order chi connectivity index (χ1) is 16.7. The SMILES string of the molecule is C=CC(c1ccc(Cl)s1)S(=O)(=O)NC(=O)C1CCN(c2ncc(-c3ncc(CC)o3)cc2Cl)CC1. The molecule has 12 heteroatoms. The fourth-order valence-electron chi connectivity index (χ4n) is 3.90. The predicted molar refractivity (Wildman–Crippen MR) is 138 cm³/mol. The summed E-state index contributed by atoms with van der Waals surface area (Å²) in [5.74, 6) is 0.870. The number of pyridine rings is 1. The Morgan fingerprint density at radius 2 is 2.06 bits per heavy atom. The fraction of sp³-hybridized carbons (Fsp3) is 0.348. The zero-order valence-corrected chi connectivity index (χ0v) is 22.1. The van der Waals surface area contributed by atoms with E-state index in [1.165, 1.54) is 6.08 Å². The first-order valence-electron chi connectivity index (χ1n) is 11.0. The van der Waals surface area contributed by atoms with Gasteiger partial charge in [0.25, 0.3) is 0 Å². The van der Waals surface area contributed by atoms with Crippen molar-refractivity contribution < 1.29 is 17.6 Å². The molecule has 3 aromatic heterocycles. The van der Waals surface area contributed by atoms with E-state index in [2.05, 4.69) is 21.3 Å². The molecule has 1 aliphatic heterocycles. The molecule has 1 N–H and O–H groups in total. The largest absolute Gasteiger partial charge is 0.441 e. The molecule has 186 valence electrons. The van der Waals surface area contributed by atoms with Gasteiger partial charge in [-0.25, -0.2) is 18.4 Å². The van der Waals surface area contributed by atoms with Crippen LogP contribution in [-0.2, 0) is 21.2 Å². The number of thiophene rings is 1. The molecule has 0 aromatic carbocycles. The number of amides is 1. The van der Waals surface area contributed by atoms with Crippen LogP contribution in [0.3, 0.4) is 0 Å². The van der Waals surface area contributed by atoms with Crippen LogP contribution in [0.5, 0.6) is 0 Å². The van der Waals surface area contributed by atoms with Gasteiger partial charge >= 0.3 is 0 Å². The molecule has 1 unspecified atom stereocenters. The Morgan fingerprint density at radius 3 is 2.63 bits per heavy atom. The zero-order chi connectivity index (χ0) is 25.2. The molecule has 1 amide bonds. The van der Waals surface area contributed by atoms with Gasteiger partial charge in [0.2, 0.25) is 21.8 Å². The third-order valence-electron chi connectivity index (χ3n) is 5.80. The minimum Gasteiger partial charge on any atom is -0.441 e. The second kappa shape index (κ2) is 10.7. The molecule has 1 saturated heterocycles. The van der Waals surface area contributed by atoms with Crippen molar-refractivity contribution in [3.8, 4) is 11.5 Å². The molecule has 0 radical (unpaired) electrons. The highest BCUT2D eigenvalue weighted by Crippen LogP contribution is 2.33. The third-order valence-corrected chi connectivity index (χ3v) is 9.14. The predicted octanol–water partition coefficient (Wildman–Crippen LogP) is 5.26. The van der Waals surface area contributed by atoms with E-state index in [0.717, 1.165) is 23.5 Å². The van der Waals surface area contributed by atoms with E-state index in [1.807, 2.05) is 11.8 Å². The number of piperidine rings is 1. The summed E-state index contributed by atoms with van der Waals surface area (Å²) in [6.45, 7) is 6.61. The normalized spacial score (nSPS) is 15.7. The Morgan fingerprint density at radius 1 is 1.31 bits per heavy atom. The van der Waals surface area contributed by atoms with E-state index < -0.39 is 27.1 Å². The van der Waals surface area contributed by atoms with Crippen molar-refractivity contribution in [1.82, 2.24) is 14.7 Å². The fourth-order valence-corrected chi connectivity index (χ4v) is 6.96. The molecule has 1 fully saturated rings. The monoisotopic (exact) mass is 554 g/mol. The Labute approximate surface area is 218 Å². The Kier molecular flexibility index (Phi) is 7.85. The van der Waals surface area contributed by atoms with Gasteiger partial charge in [0.1, 0.15) is 16.8 Å². The van der Waals surface area contributed by atoms with E-state index in [9.17, 15) is 13.2 Å². The summed E-state index contributed by atoms with van der Waals surface area (Å²) in [5.41, 5.74) is 0.682. The van der Waals surface area contributed by atoms with Gasteiger partial charge in [-0.15, -0.1) is 17.9 Å². The second-order valence-electron chi connectivity index (χ2n) is 8.09. The van der Waals surface area contributed by atoms with Gasteiger partial charge in [0.05, 0.1) is 21.1 Å². The summed E-state index contributed by atoms with van der Waals surface area (Å²) in [6, 6.07) is 4.99. The van der Waals surface area contributed by atoms with Gasteiger partial charge in [0.15, 0.2) is 0 Å². The summed E-state index contributed by atoms with van der Waals surface area (Å²) in [5, 5.41) is -0.602. The average molecular weight is 556 g/mol. The van der Waals surface area contributed by atoms with Crippen molar-refractivity contribution in [2.75, 3.05) is 18.0 Å². The number of carbonyl (C=O) groups excluding carboxylic acids is 1. The number of anilines is 1. The molecule has 3 aromatic rings. The number of hydrogen-bond acceptors (Lipinski definition) is 8. The van der Waals surface area contributed by atoms with Crippen LogP contribution in [0.25, 0.3) is 11.5 Å². The van der Waals surface area contributed by atoms with Crippen molar-refractivity contribution in [2.45, 2.75) is 31.4 Å². The molecule has 4 rings (SSSR count). The highest BCUT2D eigenvalue weighted by molar-refractivity contribution is 7.90. The Hall–Kier alpha value is -2.40. The van der Waals surface area contributed by atoms with Gasteiger partial charge in [0, 0.05) is 36.5 Å². The van der Waals surface area contributed by atoms with Gasteiger partial charge in [-0.3, -0.25) is 9.52 Å². The number of nitrogens with one attached hydrogen (secondary N) is 1. The third kappa shape index (κ3) is 5.72. The van der Waals surface area contributed by atoms with Crippen LogP contribution in [-0.4, -0.2) is 37.4 Å². The number of carbonyl (C=O) groups is 1. The topological polar surface area (TPSA) is 105 Å². The summed E-state index contributed by atoms with van der Waals surface area (Å²) in [4.78, 5) is 24.0. The number of oxazole rings is 1. The molecule has 0 aliphatic carbocycles. The van der Waals surface area contributed by atoms with Crippen molar-refractivity contribution in [1.29, 1.82) is 0 Å². The van der Waals surface area contributed by atoms with Crippen molar-refractivity contribution in [3.05, 3.63) is 63.2 Å². The molecule has 0 spiro atoms. The van der Waals surface area contributed by atoms with E-state index in [0.29, 0.717) is 57.4 Å². The standard InChI is InChI=1S/C23H24Cl2N4O4S2/c1-3-16-13-27-23(33-16)15-11-17(24)21(26-12-15)29-9-7-14(8-10-29)22(30)28-35(31,32)19(4-2)18-5-6-20(25)34-18/h4-6,11-14,19H,2-3,7-10H2,1H3,(H,28,30). The van der Waals surface area contributed by atoms with Gasteiger partial charge in [-0.2, -0.15) is 0 Å². The van der Waals surface area contributed by atoms with Crippen molar-refractivity contribution >= 4 is 56.3 Å². The minimum absolute atomic E-state index is 0.448. The number of aromatic nitrogens is 2. The maximum absolute atomic E-state index is 12.8. The van der Waals surface area contributed by atoms with E-state index in [1.54, 1.807) is 30.6 Å². The lowest BCUT2D eigenvalue weighted by atomic mass is 9.96. The Bertz CT molecular complexity index is 1330. The first-order valence-corrected chi connectivity index (χ1v) is 14.1. The van der Waals surface area contributed by atoms with Crippen LogP contribution >= 0.6 is 34.5 Å². The molecule has 8 nitrogen and oxygen atoms in total. The van der Waals surface area contributed by atoms with Crippen LogP contribution in [0.2, 0.25) is 9.36 Å². The van der Waals surface area contributed by atoms with Gasteiger partial charge < -0.3 is 9.32 Å². The first kappa shape index (κ1) is 25.7. The van der Waals surface area contributed by atoms with E-state index in [4.69, 9.17) is 27.6 Å². The smallest absolute Gasteiger partial charge is 0.246 e. The van der Waals surface area contributed by atoms with Crippen molar-refractivity contribution in [3.63, 3.8) is 0 Å². The van der Waals surface area contributed by atoms with Crippen LogP contribution in [0.4, 0.5) is 5.82 Å². The number of aryl methyl sites for hydroxylation is 1. The summed E-state index contributed by atoms with van der Waals surface area (Å²) < 4.78 is 34.0. The lowest BCUT2D eigenvalue weighted by molar-refractivity contribution is -0.123. The lowest BCUT2D eigenvalue weighted by Gasteiger charge is -2.32. The maximum Gasteiger partial charge on any atom is 0.246 e. The van der Waals surface area contributed by atoms with Crippen LogP contribution in [0.1, 0.15) is 35.7 Å². The number of hydrogen-bond donors (Lipinski definition) is 1. The molecular formula is C23H24Cl2N4O4S2. The number of rotatable bonds is 8. The molecule has 35 heavy (non-hydrogen) atoms. The molecule has 0 saturated carbocycles. The van der Waals surface area contributed by atoms with Gasteiger partial charge in [-0.1, -0.05) is 36.2 Å². The number of halogens is 2. The van der Waals surface area contributed by atoms with Crippen LogP contribution in [0.15, 0.2) is 47.7 Å². The molecule has 1 atom stereocenters. The van der Waals surface area contributed by atoms with Crippen LogP contribution in [0, 0.1) is 5.92 Å². The van der Waals surface area contributed by atoms with E-state index >= 15 is 0 Å². The second-order valence-corrected chi connectivity index (χ2v) is 12.0.